The van der Waals surface area contributed by atoms with Crippen LogP contribution in [-0.2, 0) is 17.6 Å². The Bertz CT molecular complexity index is 606. The number of hydrogen-bond acceptors (Lipinski definition) is 2. The van der Waals surface area contributed by atoms with Gasteiger partial charge in [-0.15, -0.1) is 0 Å². The maximum Gasteiger partial charge on any atom is 0.234 e. The van der Waals surface area contributed by atoms with Gasteiger partial charge in [0.25, 0.3) is 0 Å². The van der Waals surface area contributed by atoms with E-state index in [9.17, 15) is 4.79 Å². The average molecular weight is 243 g/mol. The predicted molar refractivity (Wildman–Crippen MR) is 73.8 cm³/mol. The molecule has 2 nitrogen and oxygen atoms in total. The molecule has 17 heavy (non-hydrogen) atoms. The van der Waals surface area contributed by atoms with E-state index in [0.717, 1.165) is 18.5 Å². The third kappa shape index (κ3) is 1.71. The molecule has 3 heteroatoms. The summed E-state index contributed by atoms with van der Waals surface area (Å²) in [5, 5.41) is 5.51. The van der Waals surface area contributed by atoms with Crippen LogP contribution in [0, 0.1) is 0 Å². The molecule has 3 rings (SSSR count). The van der Waals surface area contributed by atoms with Gasteiger partial charge in [0.1, 0.15) is 0 Å². The number of carbonyl (C=O) groups is 1. The van der Waals surface area contributed by atoms with Crippen LogP contribution in [-0.4, -0.2) is 11.7 Å². The molecule has 0 aromatic heterocycles. The highest BCUT2D eigenvalue weighted by Gasteiger charge is 2.17. The minimum Gasteiger partial charge on any atom is -0.325 e. The largest absolute Gasteiger partial charge is 0.325 e. The summed E-state index contributed by atoms with van der Waals surface area (Å²) >= 11 is 3.98. The van der Waals surface area contributed by atoms with Gasteiger partial charge in [-0.2, -0.15) is 12.6 Å². The van der Waals surface area contributed by atoms with Gasteiger partial charge >= 0.3 is 0 Å². The summed E-state index contributed by atoms with van der Waals surface area (Å²) in [6.07, 6.45) is 2.08. The molecule has 2 aromatic rings. The summed E-state index contributed by atoms with van der Waals surface area (Å²) in [6.45, 7) is 0. The van der Waals surface area contributed by atoms with Crippen LogP contribution in [0.3, 0.4) is 0 Å². The van der Waals surface area contributed by atoms with E-state index in [0.29, 0.717) is 0 Å². The summed E-state index contributed by atoms with van der Waals surface area (Å²) in [5.41, 5.74) is 3.61. The number of rotatable bonds is 2. The molecule has 0 heterocycles. The second-order valence-corrected chi connectivity index (χ2v) is 4.63. The van der Waals surface area contributed by atoms with E-state index < -0.39 is 0 Å². The third-order valence-corrected chi connectivity index (χ3v) is 3.59. The van der Waals surface area contributed by atoms with Crippen LogP contribution < -0.4 is 5.32 Å². The minimum absolute atomic E-state index is 0.0479. The number of anilines is 1. The average Bonchev–Trinajstić information content (AvgIpc) is 2.79. The van der Waals surface area contributed by atoms with E-state index in [1.165, 1.54) is 21.9 Å². The van der Waals surface area contributed by atoms with E-state index in [2.05, 4.69) is 42.2 Å². The molecule has 0 atom stereocenters. The van der Waals surface area contributed by atoms with Crippen molar-refractivity contribution in [2.24, 2.45) is 0 Å². The number of hydrogen-bond donors (Lipinski definition) is 2. The molecular weight excluding hydrogens is 230 g/mol. The van der Waals surface area contributed by atoms with Crippen LogP contribution in [0.2, 0.25) is 0 Å². The summed E-state index contributed by atoms with van der Waals surface area (Å²) in [4.78, 5) is 11.4. The fourth-order valence-electron chi connectivity index (χ4n) is 2.57. The summed E-state index contributed by atoms with van der Waals surface area (Å²) in [5.74, 6) is 0.173. The highest BCUT2D eigenvalue weighted by atomic mass is 32.1. The van der Waals surface area contributed by atoms with Crippen molar-refractivity contribution in [1.29, 1.82) is 0 Å². The van der Waals surface area contributed by atoms with Gasteiger partial charge in [0.05, 0.1) is 5.75 Å². The topological polar surface area (TPSA) is 29.1 Å². The number of amides is 1. The quantitative estimate of drug-likeness (QED) is 0.780. The first-order valence-corrected chi connectivity index (χ1v) is 6.37. The molecule has 0 saturated heterocycles. The Kier molecular flexibility index (Phi) is 2.56. The SMILES string of the molecule is O=C(CS)Nc1ccc2cccc3c2c1CC3. The molecule has 1 amide bonds. The van der Waals surface area contributed by atoms with Gasteiger partial charge in [0.2, 0.25) is 5.91 Å². The van der Waals surface area contributed by atoms with Crippen molar-refractivity contribution in [3.8, 4) is 0 Å². The Balaban J connectivity index is 2.15. The normalized spacial score (nSPS) is 13.0. The molecule has 0 saturated carbocycles. The van der Waals surface area contributed by atoms with Gasteiger partial charge in [-0.25, -0.2) is 0 Å². The Labute approximate surface area is 105 Å². The zero-order valence-corrected chi connectivity index (χ0v) is 10.3. The third-order valence-electron chi connectivity index (χ3n) is 3.30. The van der Waals surface area contributed by atoms with Crippen LogP contribution >= 0.6 is 12.6 Å². The van der Waals surface area contributed by atoms with Gasteiger partial charge in [0, 0.05) is 5.69 Å². The Hall–Kier alpha value is -1.48. The van der Waals surface area contributed by atoms with Gasteiger partial charge in [-0.05, 0) is 40.8 Å². The summed E-state index contributed by atoms with van der Waals surface area (Å²) in [7, 11) is 0. The fourth-order valence-corrected chi connectivity index (χ4v) is 2.65. The second-order valence-electron chi connectivity index (χ2n) is 4.31. The van der Waals surface area contributed by atoms with Crippen molar-refractivity contribution in [3.63, 3.8) is 0 Å². The molecule has 0 bridgehead atoms. The Morgan fingerprint density at radius 2 is 2.12 bits per heavy atom. The van der Waals surface area contributed by atoms with E-state index >= 15 is 0 Å². The Morgan fingerprint density at radius 3 is 2.94 bits per heavy atom. The fraction of sp³-hybridized carbons (Fsp3) is 0.214. The van der Waals surface area contributed by atoms with Gasteiger partial charge in [0.15, 0.2) is 0 Å². The lowest BCUT2D eigenvalue weighted by Crippen LogP contribution is -2.13. The number of benzene rings is 2. The maximum absolute atomic E-state index is 11.4. The molecule has 0 spiro atoms. The second kappa shape index (κ2) is 4.08. The molecule has 86 valence electrons. The van der Waals surface area contributed by atoms with E-state index in [-0.39, 0.29) is 11.7 Å². The molecule has 2 aromatic carbocycles. The van der Waals surface area contributed by atoms with Crippen molar-refractivity contribution in [1.82, 2.24) is 0 Å². The van der Waals surface area contributed by atoms with Crippen LogP contribution in [0.25, 0.3) is 10.8 Å². The number of nitrogens with one attached hydrogen (secondary N) is 1. The zero-order valence-electron chi connectivity index (χ0n) is 9.36. The highest BCUT2D eigenvalue weighted by Crippen LogP contribution is 2.35. The monoisotopic (exact) mass is 243 g/mol. The standard InChI is InChI=1S/C14H13NOS/c16-13(8-17)15-12-7-5-10-3-1-2-9-4-6-11(12)14(9)10/h1-3,5,7,17H,4,6,8H2,(H,15,16). The van der Waals surface area contributed by atoms with Gasteiger partial charge in [-0.3, -0.25) is 4.79 Å². The minimum atomic E-state index is -0.0479. The molecule has 0 radical (unpaired) electrons. The van der Waals surface area contributed by atoms with Crippen LogP contribution in [0.5, 0.6) is 0 Å². The first kappa shape index (κ1) is 10.7. The van der Waals surface area contributed by atoms with E-state index in [1.54, 1.807) is 0 Å². The van der Waals surface area contributed by atoms with Crippen molar-refractivity contribution < 1.29 is 4.79 Å². The van der Waals surface area contributed by atoms with Gasteiger partial charge < -0.3 is 5.32 Å². The van der Waals surface area contributed by atoms with Crippen LogP contribution in [0.1, 0.15) is 11.1 Å². The first-order valence-electron chi connectivity index (χ1n) is 5.74. The molecule has 0 unspecified atom stereocenters. The van der Waals surface area contributed by atoms with Crippen molar-refractivity contribution in [3.05, 3.63) is 41.5 Å². The van der Waals surface area contributed by atoms with Crippen LogP contribution in [0.15, 0.2) is 30.3 Å². The smallest absolute Gasteiger partial charge is 0.234 e. The van der Waals surface area contributed by atoms with Crippen molar-refractivity contribution in [2.75, 3.05) is 11.1 Å². The lowest BCUT2D eigenvalue weighted by molar-refractivity contribution is -0.113. The Morgan fingerprint density at radius 1 is 1.24 bits per heavy atom. The first-order chi connectivity index (χ1) is 8.29. The molecule has 1 N–H and O–H groups in total. The summed E-state index contributed by atoms with van der Waals surface area (Å²) in [6, 6.07) is 10.5. The maximum atomic E-state index is 11.4. The zero-order chi connectivity index (χ0) is 11.8. The predicted octanol–water partition coefficient (Wildman–Crippen LogP) is 2.81. The lowest BCUT2D eigenvalue weighted by atomic mass is 10.0. The van der Waals surface area contributed by atoms with E-state index in [4.69, 9.17) is 0 Å². The number of carbonyl (C=O) groups excluding carboxylic acids is 1. The molecule has 1 aliphatic rings. The number of aryl methyl sites for hydroxylation is 2. The van der Waals surface area contributed by atoms with Crippen LogP contribution in [0.4, 0.5) is 5.69 Å². The molecule has 0 fully saturated rings. The van der Waals surface area contributed by atoms with E-state index in [1.807, 2.05) is 6.07 Å². The molecule has 1 aliphatic carbocycles. The summed E-state index contributed by atoms with van der Waals surface area (Å²) < 4.78 is 0. The van der Waals surface area contributed by atoms with Crippen molar-refractivity contribution >= 4 is 35.0 Å². The lowest BCUT2D eigenvalue weighted by Gasteiger charge is -2.09. The van der Waals surface area contributed by atoms with Crippen molar-refractivity contribution in [2.45, 2.75) is 12.8 Å². The highest BCUT2D eigenvalue weighted by molar-refractivity contribution is 7.81. The molecular formula is C14H13NOS. The number of thiol groups is 1. The van der Waals surface area contributed by atoms with Gasteiger partial charge in [-0.1, -0.05) is 24.3 Å². The molecule has 0 aliphatic heterocycles.